The monoisotopic (exact) mass is 217 g/mol. The zero-order valence-electron chi connectivity index (χ0n) is 9.99. The van der Waals surface area contributed by atoms with Crippen molar-refractivity contribution < 1.29 is 4.79 Å². The van der Waals surface area contributed by atoms with Crippen LogP contribution in [0.4, 0.5) is 0 Å². The summed E-state index contributed by atoms with van der Waals surface area (Å²) in [7, 11) is 0. The van der Waals surface area contributed by atoms with Gasteiger partial charge in [-0.1, -0.05) is 38.1 Å². The predicted octanol–water partition coefficient (Wildman–Crippen LogP) is 2.84. The number of rotatable bonds is 2. The molecule has 0 aromatic heterocycles. The average molecular weight is 217 g/mol. The van der Waals surface area contributed by atoms with Crippen LogP contribution in [-0.4, -0.2) is 5.91 Å². The van der Waals surface area contributed by atoms with Crippen LogP contribution < -0.4 is 5.32 Å². The van der Waals surface area contributed by atoms with E-state index in [9.17, 15) is 4.79 Å². The number of nitrogens with one attached hydrogen (secondary N) is 1. The van der Waals surface area contributed by atoms with E-state index in [-0.39, 0.29) is 17.9 Å². The summed E-state index contributed by atoms with van der Waals surface area (Å²) < 4.78 is 0. The van der Waals surface area contributed by atoms with E-state index in [4.69, 9.17) is 0 Å². The van der Waals surface area contributed by atoms with Crippen molar-refractivity contribution in [1.82, 2.24) is 5.32 Å². The summed E-state index contributed by atoms with van der Waals surface area (Å²) in [5, 5.41) is 3.14. The number of hydrogen-bond donors (Lipinski definition) is 1. The van der Waals surface area contributed by atoms with Crippen molar-refractivity contribution in [3.8, 4) is 0 Å². The molecule has 1 aromatic carbocycles. The lowest BCUT2D eigenvalue weighted by molar-refractivity contribution is -0.124. The number of aryl methyl sites for hydroxylation is 1. The van der Waals surface area contributed by atoms with Crippen molar-refractivity contribution in [2.75, 3.05) is 0 Å². The molecule has 0 saturated carbocycles. The molecule has 0 spiro atoms. The second kappa shape index (κ2) is 4.69. The molecule has 0 heterocycles. The van der Waals surface area contributed by atoms with Crippen molar-refractivity contribution >= 4 is 5.91 Å². The van der Waals surface area contributed by atoms with Crippen molar-refractivity contribution in [3.05, 3.63) is 35.4 Å². The lowest BCUT2D eigenvalue weighted by Gasteiger charge is -2.27. The Morgan fingerprint density at radius 2 is 2.12 bits per heavy atom. The molecule has 16 heavy (non-hydrogen) atoms. The summed E-state index contributed by atoms with van der Waals surface area (Å²) in [6.07, 6.45) is 3.37. The molecule has 1 aliphatic carbocycles. The molecule has 2 rings (SSSR count). The molecule has 1 aliphatic rings. The van der Waals surface area contributed by atoms with Gasteiger partial charge in [-0.3, -0.25) is 4.79 Å². The third kappa shape index (κ3) is 2.26. The zero-order valence-corrected chi connectivity index (χ0v) is 9.99. The fraction of sp³-hybridized carbons (Fsp3) is 0.500. The van der Waals surface area contributed by atoms with Gasteiger partial charge in [0.05, 0.1) is 6.04 Å². The van der Waals surface area contributed by atoms with Gasteiger partial charge in [-0.25, -0.2) is 0 Å². The quantitative estimate of drug-likeness (QED) is 0.811. The van der Waals surface area contributed by atoms with Crippen LogP contribution in [0.2, 0.25) is 0 Å². The standard InChI is InChI=1S/C14H19NO/c1-10(2)14(16)15-13-9-5-7-11-6-3-4-8-12(11)13/h3-4,6,8,10,13H,5,7,9H2,1-2H3,(H,15,16). The molecule has 86 valence electrons. The summed E-state index contributed by atoms with van der Waals surface area (Å²) in [6.45, 7) is 3.87. The molecule has 0 radical (unpaired) electrons. The Hall–Kier alpha value is -1.31. The molecule has 0 fully saturated rings. The highest BCUT2D eigenvalue weighted by molar-refractivity contribution is 5.78. The second-order valence-electron chi connectivity index (χ2n) is 4.81. The Morgan fingerprint density at radius 1 is 1.38 bits per heavy atom. The fourth-order valence-corrected chi connectivity index (χ4v) is 2.24. The molecule has 1 unspecified atom stereocenters. The van der Waals surface area contributed by atoms with Gasteiger partial charge < -0.3 is 5.32 Å². The van der Waals surface area contributed by atoms with Gasteiger partial charge in [0, 0.05) is 5.92 Å². The topological polar surface area (TPSA) is 29.1 Å². The molecule has 1 atom stereocenters. The van der Waals surface area contributed by atoms with E-state index in [0.29, 0.717) is 0 Å². The lowest BCUT2D eigenvalue weighted by Crippen LogP contribution is -2.33. The molecule has 0 aliphatic heterocycles. The van der Waals surface area contributed by atoms with Crippen molar-refractivity contribution in [1.29, 1.82) is 0 Å². The Balaban J connectivity index is 2.16. The van der Waals surface area contributed by atoms with E-state index < -0.39 is 0 Å². The van der Waals surface area contributed by atoms with Crippen LogP contribution in [0.25, 0.3) is 0 Å². The first-order chi connectivity index (χ1) is 7.68. The van der Waals surface area contributed by atoms with E-state index in [1.165, 1.54) is 17.5 Å². The molecule has 2 nitrogen and oxygen atoms in total. The number of amides is 1. The van der Waals surface area contributed by atoms with Crippen molar-refractivity contribution in [2.24, 2.45) is 5.92 Å². The fourth-order valence-electron chi connectivity index (χ4n) is 2.24. The number of fused-ring (bicyclic) bond motifs is 1. The Kier molecular flexibility index (Phi) is 3.28. The third-order valence-corrected chi connectivity index (χ3v) is 3.21. The SMILES string of the molecule is CC(C)C(=O)NC1CCCc2ccccc21. The molecular weight excluding hydrogens is 198 g/mol. The third-order valence-electron chi connectivity index (χ3n) is 3.21. The van der Waals surface area contributed by atoms with Gasteiger partial charge in [0.25, 0.3) is 0 Å². The maximum absolute atomic E-state index is 11.7. The van der Waals surface area contributed by atoms with Crippen molar-refractivity contribution in [2.45, 2.75) is 39.2 Å². The smallest absolute Gasteiger partial charge is 0.223 e. The van der Waals surface area contributed by atoms with Gasteiger partial charge in [0.2, 0.25) is 5.91 Å². The van der Waals surface area contributed by atoms with Gasteiger partial charge in [-0.15, -0.1) is 0 Å². The summed E-state index contributed by atoms with van der Waals surface area (Å²) >= 11 is 0. The molecule has 0 saturated heterocycles. The van der Waals surface area contributed by atoms with Crippen LogP contribution in [0, 0.1) is 5.92 Å². The largest absolute Gasteiger partial charge is 0.349 e. The number of benzene rings is 1. The van der Waals surface area contributed by atoms with Crippen LogP contribution in [0.3, 0.4) is 0 Å². The first-order valence-electron chi connectivity index (χ1n) is 6.06. The van der Waals surface area contributed by atoms with Crippen LogP contribution in [-0.2, 0) is 11.2 Å². The van der Waals surface area contributed by atoms with Gasteiger partial charge in [-0.05, 0) is 30.4 Å². The Bertz CT molecular complexity index is 384. The molecule has 2 heteroatoms. The predicted molar refractivity (Wildman–Crippen MR) is 65.1 cm³/mol. The highest BCUT2D eigenvalue weighted by atomic mass is 16.1. The number of hydrogen-bond acceptors (Lipinski definition) is 1. The average Bonchev–Trinajstić information content (AvgIpc) is 2.29. The minimum atomic E-state index is 0.0640. The summed E-state index contributed by atoms with van der Waals surface area (Å²) in [5.74, 6) is 0.218. The van der Waals surface area contributed by atoms with Gasteiger partial charge in [-0.2, -0.15) is 0 Å². The first-order valence-corrected chi connectivity index (χ1v) is 6.06. The van der Waals surface area contributed by atoms with E-state index in [0.717, 1.165) is 12.8 Å². The zero-order chi connectivity index (χ0) is 11.5. The Morgan fingerprint density at radius 3 is 2.88 bits per heavy atom. The van der Waals surface area contributed by atoms with Crippen LogP contribution in [0.5, 0.6) is 0 Å². The number of carbonyl (C=O) groups is 1. The summed E-state index contributed by atoms with van der Waals surface area (Å²) in [6, 6.07) is 8.66. The minimum absolute atomic E-state index is 0.0640. The second-order valence-corrected chi connectivity index (χ2v) is 4.81. The maximum Gasteiger partial charge on any atom is 0.223 e. The molecule has 0 bridgehead atoms. The summed E-state index contributed by atoms with van der Waals surface area (Å²) in [4.78, 5) is 11.7. The van der Waals surface area contributed by atoms with E-state index in [1.807, 2.05) is 13.8 Å². The van der Waals surface area contributed by atoms with E-state index in [2.05, 4.69) is 29.6 Å². The first kappa shape index (κ1) is 11.2. The number of carbonyl (C=O) groups excluding carboxylic acids is 1. The van der Waals surface area contributed by atoms with Gasteiger partial charge in [0.15, 0.2) is 0 Å². The highest BCUT2D eigenvalue weighted by Crippen LogP contribution is 2.29. The maximum atomic E-state index is 11.7. The van der Waals surface area contributed by atoms with Gasteiger partial charge in [0.1, 0.15) is 0 Å². The molecule has 1 N–H and O–H groups in total. The van der Waals surface area contributed by atoms with Crippen LogP contribution in [0.1, 0.15) is 43.9 Å². The van der Waals surface area contributed by atoms with Crippen LogP contribution >= 0.6 is 0 Å². The van der Waals surface area contributed by atoms with Crippen molar-refractivity contribution in [3.63, 3.8) is 0 Å². The minimum Gasteiger partial charge on any atom is -0.349 e. The molecule has 1 aromatic rings. The highest BCUT2D eigenvalue weighted by Gasteiger charge is 2.21. The van der Waals surface area contributed by atoms with E-state index in [1.54, 1.807) is 0 Å². The molecular formula is C14H19NO. The van der Waals surface area contributed by atoms with Gasteiger partial charge >= 0.3 is 0 Å². The lowest BCUT2D eigenvalue weighted by atomic mass is 9.87. The summed E-state index contributed by atoms with van der Waals surface area (Å²) in [5.41, 5.74) is 2.70. The molecule has 1 amide bonds. The van der Waals surface area contributed by atoms with E-state index >= 15 is 0 Å². The Labute approximate surface area is 97.1 Å². The van der Waals surface area contributed by atoms with Crippen LogP contribution in [0.15, 0.2) is 24.3 Å². The normalized spacial score (nSPS) is 19.3.